The number of esters is 1. The summed E-state index contributed by atoms with van der Waals surface area (Å²) in [6.07, 6.45) is 0.303. The first-order valence-corrected chi connectivity index (χ1v) is 4.17. The first kappa shape index (κ1) is 9.98. The third-order valence-corrected chi connectivity index (χ3v) is 2.40. The minimum Gasteiger partial charge on any atom is -0.465 e. The summed E-state index contributed by atoms with van der Waals surface area (Å²) in [6.45, 7) is 1.66. The van der Waals surface area contributed by atoms with Crippen LogP contribution in [0.15, 0.2) is 0 Å². The van der Waals surface area contributed by atoms with Crippen LogP contribution in [0.5, 0.6) is 0 Å². The monoisotopic (exact) mass is 187 g/mol. The van der Waals surface area contributed by atoms with Gasteiger partial charge in [-0.2, -0.15) is 0 Å². The zero-order valence-corrected chi connectivity index (χ0v) is 7.45. The molecule has 3 N–H and O–H groups in total. The first-order chi connectivity index (χ1) is 6.09. The Morgan fingerprint density at radius 3 is 2.62 bits per heavy atom. The molecule has 5 nitrogen and oxygen atoms in total. The Kier molecular flexibility index (Phi) is 2.56. The lowest BCUT2D eigenvalue weighted by Crippen LogP contribution is -2.36. The average Bonchev–Trinajstić information content (AvgIpc) is 2.79. The van der Waals surface area contributed by atoms with Crippen molar-refractivity contribution in [2.24, 2.45) is 17.1 Å². The summed E-state index contributed by atoms with van der Waals surface area (Å²) in [5.41, 5.74) is 3.83. The number of nitrogens with two attached hydrogens (primary N) is 1. The number of aliphatic hydroxyl groups excluding tert-OH is 1. The van der Waals surface area contributed by atoms with E-state index in [9.17, 15) is 9.59 Å². The summed E-state index contributed by atoms with van der Waals surface area (Å²) in [5.74, 6) is -1.67. The van der Waals surface area contributed by atoms with Gasteiger partial charge in [-0.05, 0) is 13.3 Å². The largest absolute Gasteiger partial charge is 0.465 e. The Hall–Kier alpha value is -1.10. The van der Waals surface area contributed by atoms with Gasteiger partial charge < -0.3 is 15.6 Å². The molecule has 0 saturated heterocycles. The van der Waals surface area contributed by atoms with Crippen LogP contribution in [-0.2, 0) is 14.3 Å². The summed E-state index contributed by atoms with van der Waals surface area (Å²) < 4.78 is 4.71. The van der Waals surface area contributed by atoms with E-state index in [4.69, 9.17) is 15.6 Å². The second-order valence-electron chi connectivity index (χ2n) is 3.14. The highest BCUT2D eigenvalue weighted by Crippen LogP contribution is 2.52. The van der Waals surface area contributed by atoms with Gasteiger partial charge in [0.15, 0.2) is 5.41 Å². The molecule has 0 radical (unpaired) electrons. The fraction of sp³-hybridized carbons (Fsp3) is 0.750. The van der Waals surface area contributed by atoms with E-state index in [2.05, 4.69) is 0 Å². The Bertz CT molecular complexity index is 240. The number of amides is 1. The van der Waals surface area contributed by atoms with Crippen molar-refractivity contribution in [3.05, 3.63) is 0 Å². The Labute approximate surface area is 75.9 Å². The molecule has 0 spiro atoms. The molecule has 1 amide bonds. The van der Waals surface area contributed by atoms with Crippen LogP contribution in [0.4, 0.5) is 0 Å². The molecule has 0 bridgehead atoms. The van der Waals surface area contributed by atoms with E-state index in [-0.39, 0.29) is 19.1 Å². The van der Waals surface area contributed by atoms with Gasteiger partial charge in [-0.25, -0.2) is 0 Å². The Balaban J connectivity index is 2.72. The number of ether oxygens (including phenoxy) is 1. The van der Waals surface area contributed by atoms with Gasteiger partial charge >= 0.3 is 5.97 Å². The summed E-state index contributed by atoms with van der Waals surface area (Å²) in [7, 11) is 0. The Morgan fingerprint density at radius 1 is 1.69 bits per heavy atom. The number of carbonyl (C=O) groups is 2. The van der Waals surface area contributed by atoms with Crippen LogP contribution < -0.4 is 5.73 Å². The van der Waals surface area contributed by atoms with Gasteiger partial charge in [0.05, 0.1) is 6.61 Å². The maximum atomic E-state index is 11.3. The molecule has 1 aliphatic rings. The van der Waals surface area contributed by atoms with Crippen molar-refractivity contribution < 1.29 is 19.4 Å². The van der Waals surface area contributed by atoms with Crippen molar-refractivity contribution in [2.75, 3.05) is 13.2 Å². The highest BCUT2D eigenvalue weighted by Gasteiger charge is 2.65. The normalized spacial score (nSPS) is 31.1. The van der Waals surface area contributed by atoms with Crippen LogP contribution in [0.3, 0.4) is 0 Å². The standard InChI is InChI=1S/C8H13NO4/c1-2-13-7(12)8(6(9)11)3-5(8)4-10/h5,10H,2-4H2,1H3,(H2,9,11)/t5-,8?/m0/s1. The van der Waals surface area contributed by atoms with E-state index in [1.54, 1.807) is 6.92 Å². The molecule has 2 atom stereocenters. The number of rotatable bonds is 4. The van der Waals surface area contributed by atoms with Crippen molar-refractivity contribution in [2.45, 2.75) is 13.3 Å². The molecule has 74 valence electrons. The summed E-state index contributed by atoms with van der Waals surface area (Å²) in [6, 6.07) is 0. The Morgan fingerprint density at radius 2 is 2.31 bits per heavy atom. The van der Waals surface area contributed by atoms with Gasteiger partial charge in [0.1, 0.15) is 0 Å². The fourth-order valence-corrected chi connectivity index (χ4v) is 1.46. The molecule has 1 aliphatic carbocycles. The van der Waals surface area contributed by atoms with Gasteiger partial charge in [-0.15, -0.1) is 0 Å². The molecule has 0 aromatic carbocycles. The maximum absolute atomic E-state index is 11.3. The second kappa shape index (κ2) is 3.33. The predicted octanol–water partition coefficient (Wildman–Crippen LogP) is -0.967. The highest BCUT2D eigenvalue weighted by atomic mass is 16.5. The van der Waals surface area contributed by atoms with Gasteiger partial charge in [-0.1, -0.05) is 0 Å². The van der Waals surface area contributed by atoms with Crippen LogP contribution in [-0.4, -0.2) is 30.2 Å². The molecular formula is C8H13NO4. The summed E-state index contributed by atoms with van der Waals surface area (Å²) in [4.78, 5) is 22.3. The quantitative estimate of drug-likeness (QED) is 0.438. The van der Waals surface area contributed by atoms with E-state index in [1.807, 2.05) is 0 Å². The van der Waals surface area contributed by atoms with E-state index >= 15 is 0 Å². The molecule has 1 rings (SSSR count). The molecular weight excluding hydrogens is 174 g/mol. The van der Waals surface area contributed by atoms with Gasteiger partial charge in [0, 0.05) is 12.5 Å². The lowest BCUT2D eigenvalue weighted by Gasteiger charge is -2.10. The third kappa shape index (κ3) is 1.39. The zero-order valence-electron chi connectivity index (χ0n) is 7.45. The van der Waals surface area contributed by atoms with Crippen LogP contribution in [0, 0.1) is 11.3 Å². The molecule has 0 aromatic heterocycles. The van der Waals surface area contributed by atoms with Gasteiger partial charge in [0.2, 0.25) is 5.91 Å². The highest BCUT2D eigenvalue weighted by molar-refractivity contribution is 6.05. The zero-order chi connectivity index (χ0) is 10.1. The molecule has 1 unspecified atom stereocenters. The van der Waals surface area contributed by atoms with Gasteiger partial charge in [-0.3, -0.25) is 9.59 Å². The van der Waals surface area contributed by atoms with E-state index in [0.29, 0.717) is 6.42 Å². The number of hydrogen-bond donors (Lipinski definition) is 2. The van der Waals surface area contributed by atoms with E-state index in [1.165, 1.54) is 0 Å². The molecule has 13 heavy (non-hydrogen) atoms. The summed E-state index contributed by atoms with van der Waals surface area (Å²) in [5, 5.41) is 8.79. The molecule has 1 saturated carbocycles. The van der Waals surface area contributed by atoms with Gasteiger partial charge in [0.25, 0.3) is 0 Å². The van der Waals surface area contributed by atoms with Crippen LogP contribution in [0.1, 0.15) is 13.3 Å². The lowest BCUT2D eigenvalue weighted by atomic mass is 10.0. The smallest absolute Gasteiger partial charge is 0.322 e. The topological polar surface area (TPSA) is 89.6 Å². The van der Waals surface area contributed by atoms with Crippen LogP contribution in [0.2, 0.25) is 0 Å². The predicted molar refractivity (Wildman–Crippen MR) is 43.5 cm³/mol. The lowest BCUT2D eigenvalue weighted by molar-refractivity contribution is -0.154. The molecule has 1 fully saturated rings. The molecule has 0 aliphatic heterocycles. The molecule has 0 heterocycles. The third-order valence-electron chi connectivity index (χ3n) is 2.40. The van der Waals surface area contributed by atoms with Crippen molar-refractivity contribution in [1.82, 2.24) is 0 Å². The minimum absolute atomic E-state index is 0.207. The number of hydrogen-bond acceptors (Lipinski definition) is 4. The number of primary amides is 1. The van der Waals surface area contributed by atoms with Crippen LogP contribution >= 0.6 is 0 Å². The number of carbonyl (C=O) groups excluding carboxylic acids is 2. The van der Waals surface area contributed by atoms with E-state index in [0.717, 1.165) is 0 Å². The minimum atomic E-state index is -1.25. The van der Waals surface area contributed by atoms with Crippen molar-refractivity contribution in [1.29, 1.82) is 0 Å². The van der Waals surface area contributed by atoms with Crippen molar-refractivity contribution in [3.63, 3.8) is 0 Å². The summed E-state index contributed by atoms with van der Waals surface area (Å²) >= 11 is 0. The van der Waals surface area contributed by atoms with Crippen molar-refractivity contribution >= 4 is 11.9 Å². The SMILES string of the molecule is CCOC(=O)C1(C(N)=O)C[C@H]1CO. The fourth-order valence-electron chi connectivity index (χ4n) is 1.46. The molecule has 5 heteroatoms. The van der Waals surface area contributed by atoms with E-state index < -0.39 is 17.3 Å². The second-order valence-corrected chi connectivity index (χ2v) is 3.14. The van der Waals surface area contributed by atoms with Crippen LogP contribution in [0.25, 0.3) is 0 Å². The van der Waals surface area contributed by atoms with Crippen molar-refractivity contribution in [3.8, 4) is 0 Å². The first-order valence-electron chi connectivity index (χ1n) is 4.17. The molecule has 0 aromatic rings. The number of aliphatic hydroxyl groups is 1. The maximum Gasteiger partial charge on any atom is 0.322 e. The average molecular weight is 187 g/mol.